The summed E-state index contributed by atoms with van der Waals surface area (Å²) in [5.74, 6) is 0.267. The molecule has 1 amide bonds. The minimum Gasteiger partial charge on any atom is -0.489 e. The van der Waals surface area contributed by atoms with Gasteiger partial charge in [0.05, 0.1) is 12.0 Å². The number of aromatic nitrogens is 1. The van der Waals surface area contributed by atoms with Crippen molar-refractivity contribution in [2.45, 2.75) is 26.1 Å². The molecule has 4 aromatic rings. The number of anilines is 1. The summed E-state index contributed by atoms with van der Waals surface area (Å²) in [6, 6.07) is 20.0. The third kappa shape index (κ3) is 4.94. The first kappa shape index (κ1) is 21.5. The number of carbonyl (C=O) groups is 1. The van der Waals surface area contributed by atoms with Gasteiger partial charge in [-0.1, -0.05) is 36.4 Å². The Morgan fingerprint density at radius 1 is 1.00 bits per heavy atom. The number of carbonyl (C=O) groups excluding carboxylic acids is 1. The highest BCUT2D eigenvalue weighted by Crippen LogP contribution is 2.31. The number of rotatable bonds is 6. The van der Waals surface area contributed by atoms with Crippen LogP contribution >= 0.6 is 0 Å². The molecule has 0 unspecified atom stereocenters. The molecule has 0 bridgehead atoms. The molecule has 0 atom stereocenters. The average Bonchev–Trinajstić information content (AvgIpc) is 3.07. The number of ether oxygens (including phenoxy) is 1. The maximum atomic E-state index is 12.9. The van der Waals surface area contributed by atoms with E-state index < -0.39 is 17.6 Å². The molecule has 2 N–H and O–H groups in total. The number of aromatic amines is 1. The molecule has 1 aromatic heterocycles. The summed E-state index contributed by atoms with van der Waals surface area (Å²) in [4.78, 5) is 15.8. The van der Waals surface area contributed by atoms with Gasteiger partial charge in [0, 0.05) is 22.3 Å². The van der Waals surface area contributed by atoms with Crippen LogP contribution in [0.4, 0.5) is 18.9 Å². The van der Waals surface area contributed by atoms with Crippen LogP contribution < -0.4 is 10.1 Å². The van der Waals surface area contributed by atoms with E-state index in [0.29, 0.717) is 12.4 Å². The van der Waals surface area contributed by atoms with E-state index in [1.54, 1.807) is 0 Å². The third-order valence-electron chi connectivity index (χ3n) is 5.15. The van der Waals surface area contributed by atoms with E-state index in [1.807, 2.05) is 55.5 Å². The number of H-pyrrole nitrogens is 1. The molecular formula is C25H21F3N2O2. The topological polar surface area (TPSA) is 54.1 Å². The number of hydrogen-bond acceptors (Lipinski definition) is 2. The van der Waals surface area contributed by atoms with Gasteiger partial charge in [-0.2, -0.15) is 13.2 Å². The smallest absolute Gasteiger partial charge is 0.416 e. The summed E-state index contributed by atoms with van der Waals surface area (Å²) in [7, 11) is 0. The van der Waals surface area contributed by atoms with Crippen LogP contribution in [0.3, 0.4) is 0 Å². The molecule has 0 saturated heterocycles. The maximum Gasteiger partial charge on any atom is 0.416 e. The number of hydrogen-bond donors (Lipinski definition) is 2. The van der Waals surface area contributed by atoms with Crippen molar-refractivity contribution in [3.8, 4) is 5.75 Å². The average molecular weight is 438 g/mol. The van der Waals surface area contributed by atoms with Crippen LogP contribution in [0.25, 0.3) is 10.9 Å². The number of aryl methyl sites for hydroxylation is 1. The summed E-state index contributed by atoms with van der Waals surface area (Å²) in [5.41, 5.74) is 2.79. The van der Waals surface area contributed by atoms with Crippen LogP contribution in [0.1, 0.15) is 22.4 Å². The van der Waals surface area contributed by atoms with Crippen LogP contribution in [0, 0.1) is 6.92 Å². The zero-order valence-electron chi connectivity index (χ0n) is 17.3. The van der Waals surface area contributed by atoms with Crippen molar-refractivity contribution in [2.24, 2.45) is 0 Å². The van der Waals surface area contributed by atoms with E-state index >= 15 is 0 Å². The van der Waals surface area contributed by atoms with Crippen LogP contribution in [-0.2, 0) is 24.0 Å². The van der Waals surface area contributed by atoms with Crippen molar-refractivity contribution in [3.05, 3.63) is 95.2 Å². The first-order chi connectivity index (χ1) is 15.3. The quantitative estimate of drug-likeness (QED) is 0.374. The molecule has 0 fully saturated rings. The van der Waals surface area contributed by atoms with E-state index in [0.717, 1.165) is 39.9 Å². The van der Waals surface area contributed by atoms with Crippen LogP contribution in [0.5, 0.6) is 5.75 Å². The highest BCUT2D eigenvalue weighted by Gasteiger charge is 2.30. The fraction of sp³-hybridized carbons (Fsp3) is 0.160. The Hall–Kier alpha value is -3.74. The molecule has 4 nitrogen and oxygen atoms in total. The third-order valence-corrected chi connectivity index (χ3v) is 5.15. The normalized spacial score (nSPS) is 11.5. The molecule has 164 valence electrons. The fourth-order valence-corrected chi connectivity index (χ4v) is 3.56. The van der Waals surface area contributed by atoms with Crippen molar-refractivity contribution < 1.29 is 22.7 Å². The molecule has 0 aliphatic heterocycles. The van der Waals surface area contributed by atoms with Gasteiger partial charge < -0.3 is 15.0 Å². The Bertz CT molecular complexity index is 1250. The molecule has 7 heteroatoms. The Morgan fingerprint density at radius 2 is 1.78 bits per heavy atom. The Labute approximate surface area is 183 Å². The molecule has 0 aliphatic rings. The second kappa shape index (κ2) is 8.78. The van der Waals surface area contributed by atoms with Crippen molar-refractivity contribution in [3.63, 3.8) is 0 Å². The summed E-state index contributed by atoms with van der Waals surface area (Å²) < 4.78 is 44.6. The van der Waals surface area contributed by atoms with Gasteiger partial charge in [0.2, 0.25) is 5.91 Å². The predicted octanol–water partition coefficient (Wildman–Crippen LogP) is 6.26. The van der Waals surface area contributed by atoms with E-state index in [1.165, 1.54) is 12.1 Å². The van der Waals surface area contributed by atoms with Crippen molar-refractivity contribution in [2.75, 3.05) is 5.32 Å². The minimum atomic E-state index is -4.47. The highest BCUT2D eigenvalue weighted by molar-refractivity contribution is 5.96. The van der Waals surface area contributed by atoms with Gasteiger partial charge in [0.1, 0.15) is 12.4 Å². The standard InChI is InChI=1S/C25H21F3N2O2/c1-16-21(14-24(31)30-19-9-5-8-18(12-19)25(26,27)28)22-13-20(10-11-23(22)29-16)32-15-17-6-3-2-4-7-17/h2-13,29H,14-15H2,1H3,(H,30,31). The van der Waals surface area contributed by atoms with Crippen LogP contribution in [0.15, 0.2) is 72.8 Å². The number of amides is 1. The highest BCUT2D eigenvalue weighted by atomic mass is 19.4. The molecule has 0 radical (unpaired) electrons. The zero-order chi connectivity index (χ0) is 22.7. The summed E-state index contributed by atoms with van der Waals surface area (Å²) in [5, 5.41) is 3.40. The molecule has 0 saturated carbocycles. The Morgan fingerprint density at radius 3 is 2.53 bits per heavy atom. The zero-order valence-corrected chi connectivity index (χ0v) is 17.3. The molecule has 0 spiro atoms. The first-order valence-corrected chi connectivity index (χ1v) is 10.0. The molecule has 1 heterocycles. The van der Waals surface area contributed by atoms with Gasteiger partial charge in [0.25, 0.3) is 0 Å². The second-order valence-corrected chi connectivity index (χ2v) is 7.51. The number of benzene rings is 3. The minimum absolute atomic E-state index is 0.0181. The lowest BCUT2D eigenvalue weighted by Crippen LogP contribution is -2.15. The Kier molecular flexibility index (Phi) is 5.90. The van der Waals surface area contributed by atoms with Crippen molar-refractivity contribution in [1.82, 2.24) is 4.98 Å². The van der Waals surface area contributed by atoms with E-state index in [4.69, 9.17) is 4.74 Å². The summed E-state index contributed by atoms with van der Waals surface area (Å²) in [6.07, 6.45) is -4.45. The lowest BCUT2D eigenvalue weighted by atomic mass is 10.1. The molecule has 32 heavy (non-hydrogen) atoms. The number of halogens is 3. The first-order valence-electron chi connectivity index (χ1n) is 10.0. The molecule has 3 aromatic carbocycles. The lowest BCUT2D eigenvalue weighted by Gasteiger charge is -2.10. The number of alkyl halides is 3. The molecule has 4 rings (SSSR count). The summed E-state index contributed by atoms with van der Waals surface area (Å²) in [6.45, 7) is 2.28. The molecule has 0 aliphatic carbocycles. The lowest BCUT2D eigenvalue weighted by molar-refractivity contribution is -0.137. The van der Waals surface area contributed by atoms with Gasteiger partial charge in [0.15, 0.2) is 0 Å². The van der Waals surface area contributed by atoms with Crippen LogP contribution in [-0.4, -0.2) is 10.9 Å². The van der Waals surface area contributed by atoms with E-state index in [-0.39, 0.29) is 12.1 Å². The van der Waals surface area contributed by atoms with Gasteiger partial charge in [-0.15, -0.1) is 0 Å². The fourth-order valence-electron chi connectivity index (χ4n) is 3.56. The number of nitrogens with one attached hydrogen (secondary N) is 2. The van der Waals surface area contributed by atoms with Crippen molar-refractivity contribution in [1.29, 1.82) is 0 Å². The predicted molar refractivity (Wildman–Crippen MR) is 118 cm³/mol. The van der Waals surface area contributed by atoms with Gasteiger partial charge in [-0.3, -0.25) is 4.79 Å². The van der Waals surface area contributed by atoms with Crippen LogP contribution in [0.2, 0.25) is 0 Å². The van der Waals surface area contributed by atoms with Gasteiger partial charge in [-0.25, -0.2) is 0 Å². The maximum absolute atomic E-state index is 12.9. The van der Waals surface area contributed by atoms with Gasteiger partial charge >= 0.3 is 6.18 Å². The SMILES string of the molecule is Cc1[nH]c2ccc(OCc3ccccc3)cc2c1CC(=O)Nc1cccc(C(F)(F)F)c1. The monoisotopic (exact) mass is 438 g/mol. The van der Waals surface area contributed by atoms with E-state index in [9.17, 15) is 18.0 Å². The summed E-state index contributed by atoms with van der Waals surface area (Å²) >= 11 is 0. The molecular weight excluding hydrogens is 417 g/mol. The van der Waals surface area contributed by atoms with E-state index in [2.05, 4.69) is 10.3 Å². The van der Waals surface area contributed by atoms with Crippen molar-refractivity contribution >= 4 is 22.5 Å². The second-order valence-electron chi connectivity index (χ2n) is 7.51. The Balaban J connectivity index is 1.51. The largest absolute Gasteiger partial charge is 0.489 e. The van der Waals surface area contributed by atoms with Gasteiger partial charge in [-0.05, 0) is 54.4 Å². The number of fused-ring (bicyclic) bond motifs is 1.